The normalized spacial score (nSPS) is 10.1. The van der Waals surface area contributed by atoms with Crippen molar-refractivity contribution in [3.63, 3.8) is 0 Å². The quantitative estimate of drug-likeness (QED) is 0.638. The number of rotatable bonds is 3. The maximum Gasteiger partial charge on any atom is 0.340 e. The smallest absolute Gasteiger partial charge is 0.340 e. The van der Waals surface area contributed by atoms with Gasteiger partial charge in [0, 0.05) is 5.39 Å². The molecule has 0 fully saturated rings. The van der Waals surface area contributed by atoms with Crippen LogP contribution in [0, 0.1) is 6.92 Å². The number of alkyl halides is 1. The fourth-order valence-electron chi connectivity index (χ4n) is 2.01. The number of benzene rings is 1. The lowest BCUT2D eigenvalue weighted by Crippen LogP contribution is -2.11. The third-order valence-electron chi connectivity index (χ3n) is 2.83. The van der Waals surface area contributed by atoms with E-state index in [1.807, 2.05) is 31.2 Å². The summed E-state index contributed by atoms with van der Waals surface area (Å²) in [5.41, 5.74) is 2.78. The number of esters is 1. The van der Waals surface area contributed by atoms with E-state index in [4.69, 9.17) is 16.3 Å². The summed E-state index contributed by atoms with van der Waals surface area (Å²) < 4.78 is 5.06. The molecule has 0 unspecified atom stereocenters. The van der Waals surface area contributed by atoms with Crippen LogP contribution in [0.15, 0.2) is 24.3 Å². The summed E-state index contributed by atoms with van der Waals surface area (Å²) in [5.74, 6) is -0.163. The number of nitrogens with zero attached hydrogens (tertiary/aromatic N) is 1. The second-order valence-electron chi connectivity index (χ2n) is 3.93. The van der Waals surface area contributed by atoms with Gasteiger partial charge in [0.05, 0.1) is 29.3 Å². The SMILES string of the molecule is CCOC(=O)c1c(CCl)nc2ccccc2c1C.Cl. The van der Waals surface area contributed by atoms with Crippen LogP contribution in [0.4, 0.5) is 0 Å². The molecule has 1 heterocycles. The van der Waals surface area contributed by atoms with Crippen LogP contribution >= 0.6 is 24.0 Å². The molecule has 0 aliphatic carbocycles. The highest BCUT2D eigenvalue weighted by Crippen LogP contribution is 2.24. The minimum absolute atomic E-state index is 0. The lowest BCUT2D eigenvalue weighted by atomic mass is 10.0. The Bertz CT molecular complexity index is 599. The average Bonchev–Trinajstić information content (AvgIpc) is 2.38. The first-order chi connectivity index (χ1) is 8.69. The number of hydrogen-bond acceptors (Lipinski definition) is 3. The minimum Gasteiger partial charge on any atom is -0.462 e. The molecular weight excluding hydrogens is 285 g/mol. The van der Waals surface area contributed by atoms with Crippen LogP contribution < -0.4 is 0 Å². The Labute approximate surface area is 123 Å². The van der Waals surface area contributed by atoms with Gasteiger partial charge in [-0.15, -0.1) is 24.0 Å². The maximum atomic E-state index is 12.0. The molecule has 0 amide bonds. The van der Waals surface area contributed by atoms with Gasteiger partial charge in [-0.25, -0.2) is 4.79 Å². The number of para-hydroxylation sites is 1. The molecular formula is C14H15Cl2NO2. The van der Waals surface area contributed by atoms with Gasteiger partial charge in [0.1, 0.15) is 0 Å². The lowest BCUT2D eigenvalue weighted by Gasteiger charge is -2.12. The number of aryl methyl sites for hydroxylation is 1. The Morgan fingerprint density at radius 3 is 2.68 bits per heavy atom. The minimum atomic E-state index is -0.357. The van der Waals surface area contributed by atoms with E-state index < -0.39 is 0 Å². The van der Waals surface area contributed by atoms with Crippen molar-refractivity contribution in [3.8, 4) is 0 Å². The summed E-state index contributed by atoms with van der Waals surface area (Å²) in [6, 6.07) is 7.69. The molecule has 3 nitrogen and oxygen atoms in total. The number of carbonyl (C=O) groups excluding carboxylic acids is 1. The molecule has 0 radical (unpaired) electrons. The zero-order valence-corrected chi connectivity index (χ0v) is 12.3. The van der Waals surface area contributed by atoms with Gasteiger partial charge < -0.3 is 4.74 Å². The van der Waals surface area contributed by atoms with E-state index in [1.165, 1.54) is 0 Å². The van der Waals surface area contributed by atoms with Crippen molar-refractivity contribution in [1.82, 2.24) is 4.98 Å². The molecule has 102 valence electrons. The van der Waals surface area contributed by atoms with E-state index in [-0.39, 0.29) is 24.3 Å². The number of hydrogen-bond donors (Lipinski definition) is 0. The largest absolute Gasteiger partial charge is 0.462 e. The van der Waals surface area contributed by atoms with E-state index in [9.17, 15) is 4.79 Å². The molecule has 1 aromatic heterocycles. The van der Waals surface area contributed by atoms with Crippen LogP contribution in [-0.4, -0.2) is 17.6 Å². The number of halogens is 2. The summed E-state index contributed by atoms with van der Waals surface area (Å²) >= 11 is 5.88. The highest BCUT2D eigenvalue weighted by atomic mass is 35.5. The van der Waals surface area contributed by atoms with Gasteiger partial charge in [0.25, 0.3) is 0 Å². The van der Waals surface area contributed by atoms with Gasteiger partial charge in [0.15, 0.2) is 0 Å². The Hall–Kier alpha value is -1.32. The van der Waals surface area contributed by atoms with Crippen LogP contribution in [0.1, 0.15) is 28.5 Å². The van der Waals surface area contributed by atoms with Crippen molar-refractivity contribution in [2.24, 2.45) is 0 Å². The predicted octanol–water partition coefficient (Wildman–Crippen LogP) is 3.88. The monoisotopic (exact) mass is 299 g/mol. The van der Waals surface area contributed by atoms with E-state index in [0.29, 0.717) is 17.9 Å². The van der Waals surface area contributed by atoms with Gasteiger partial charge in [-0.2, -0.15) is 0 Å². The zero-order valence-electron chi connectivity index (χ0n) is 10.8. The van der Waals surface area contributed by atoms with Crippen LogP contribution in [0.25, 0.3) is 10.9 Å². The van der Waals surface area contributed by atoms with Crippen molar-refractivity contribution in [2.75, 3.05) is 6.61 Å². The molecule has 0 aliphatic rings. The standard InChI is InChI=1S/C14H14ClNO2.ClH/c1-3-18-14(17)13-9(2)10-6-4-5-7-11(10)16-12(13)8-15;/h4-7H,3,8H2,1-2H3;1H. The van der Waals surface area contributed by atoms with E-state index >= 15 is 0 Å². The molecule has 0 bridgehead atoms. The Morgan fingerprint density at radius 1 is 1.37 bits per heavy atom. The number of pyridine rings is 1. The summed E-state index contributed by atoms with van der Waals surface area (Å²) in [7, 11) is 0. The number of ether oxygens (including phenoxy) is 1. The van der Waals surface area contributed by atoms with E-state index in [1.54, 1.807) is 6.92 Å². The average molecular weight is 300 g/mol. The molecule has 0 spiro atoms. The van der Waals surface area contributed by atoms with Crippen LogP contribution in [0.3, 0.4) is 0 Å². The van der Waals surface area contributed by atoms with Crippen molar-refractivity contribution in [3.05, 3.63) is 41.1 Å². The van der Waals surface area contributed by atoms with Gasteiger partial charge in [-0.3, -0.25) is 4.98 Å². The molecule has 2 aromatic rings. The first-order valence-corrected chi connectivity index (χ1v) is 6.33. The first kappa shape index (κ1) is 15.7. The highest BCUT2D eigenvalue weighted by Gasteiger charge is 2.18. The van der Waals surface area contributed by atoms with E-state index in [2.05, 4.69) is 4.98 Å². The Kier molecular flexibility index (Phi) is 5.58. The maximum absolute atomic E-state index is 12.0. The second kappa shape index (κ2) is 6.73. The zero-order chi connectivity index (χ0) is 13.1. The number of aromatic nitrogens is 1. The Balaban J connectivity index is 0.00000180. The molecule has 0 saturated heterocycles. The molecule has 5 heteroatoms. The predicted molar refractivity (Wildman–Crippen MR) is 79.2 cm³/mol. The van der Waals surface area contributed by atoms with Gasteiger partial charge in [0.2, 0.25) is 0 Å². The lowest BCUT2D eigenvalue weighted by molar-refractivity contribution is 0.0524. The van der Waals surface area contributed by atoms with Gasteiger partial charge in [-0.1, -0.05) is 18.2 Å². The van der Waals surface area contributed by atoms with Crippen molar-refractivity contribution >= 4 is 40.9 Å². The number of fused-ring (bicyclic) bond motifs is 1. The fraction of sp³-hybridized carbons (Fsp3) is 0.286. The highest BCUT2D eigenvalue weighted by molar-refractivity contribution is 6.17. The fourth-order valence-corrected chi connectivity index (χ4v) is 2.20. The molecule has 0 atom stereocenters. The summed E-state index contributed by atoms with van der Waals surface area (Å²) in [6.45, 7) is 4.02. The summed E-state index contributed by atoms with van der Waals surface area (Å²) in [6.07, 6.45) is 0. The topological polar surface area (TPSA) is 39.2 Å². The van der Waals surface area contributed by atoms with Crippen molar-refractivity contribution in [2.45, 2.75) is 19.7 Å². The molecule has 19 heavy (non-hydrogen) atoms. The van der Waals surface area contributed by atoms with Gasteiger partial charge >= 0.3 is 5.97 Å². The van der Waals surface area contributed by atoms with Crippen LogP contribution in [0.2, 0.25) is 0 Å². The number of carbonyl (C=O) groups is 1. The Morgan fingerprint density at radius 2 is 2.05 bits per heavy atom. The molecule has 1 aromatic carbocycles. The van der Waals surface area contributed by atoms with Gasteiger partial charge in [-0.05, 0) is 25.5 Å². The van der Waals surface area contributed by atoms with Crippen LogP contribution in [-0.2, 0) is 10.6 Å². The summed E-state index contributed by atoms with van der Waals surface area (Å²) in [5, 5.41) is 0.953. The molecule has 0 saturated carbocycles. The van der Waals surface area contributed by atoms with Crippen molar-refractivity contribution in [1.29, 1.82) is 0 Å². The first-order valence-electron chi connectivity index (χ1n) is 5.80. The third-order valence-corrected chi connectivity index (χ3v) is 3.09. The molecule has 0 N–H and O–H groups in total. The van der Waals surface area contributed by atoms with Crippen molar-refractivity contribution < 1.29 is 9.53 Å². The van der Waals surface area contributed by atoms with Crippen LogP contribution in [0.5, 0.6) is 0 Å². The molecule has 0 aliphatic heterocycles. The summed E-state index contributed by atoms with van der Waals surface area (Å²) in [4.78, 5) is 16.4. The van der Waals surface area contributed by atoms with E-state index in [0.717, 1.165) is 16.5 Å². The molecule has 2 rings (SSSR count). The third kappa shape index (κ3) is 2.99. The second-order valence-corrected chi connectivity index (χ2v) is 4.20.